The van der Waals surface area contributed by atoms with Crippen LogP contribution in [0.3, 0.4) is 0 Å². The fourth-order valence-corrected chi connectivity index (χ4v) is 3.67. The number of fused-ring (bicyclic) bond motifs is 1. The molecule has 162 valence electrons. The van der Waals surface area contributed by atoms with E-state index in [0.29, 0.717) is 11.1 Å². The van der Waals surface area contributed by atoms with Gasteiger partial charge in [-0.3, -0.25) is 24.4 Å². The maximum atomic E-state index is 12.4. The van der Waals surface area contributed by atoms with Crippen LogP contribution in [0.4, 0.5) is 11.5 Å². The zero-order valence-electron chi connectivity index (χ0n) is 16.5. The number of aromatic nitrogens is 3. The molecule has 0 fully saturated rings. The summed E-state index contributed by atoms with van der Waals surface area (Å²) in [6, 6.07) is 12.6. The second-order valence-corrected chi connectivity index (χ2v) is 8.65. The molecule has 4 rings (SSSR count). The van der Waals surface area contributed by atoms with Gasteiger partial charge in [0.2, 0.25) is 15.8 Å². The highest BCUT2D eigenvalue weighted by Gasteiger charge is 2.20. The Morgan fingerprint density at radius 1 is 1.12 bits per heavy atom. The van der Waals surface area contributed by atoms with Gasteiger partial charge in [0.05, 0.1) is 22.2 Å². The molecular weight excluding hydrogens is 438 g/mol. The molecule has 11 nitrogen and oxygen atoms in total. The van der Waals surface area contributed by atoms with E-state index in [1.165, 1.54) is 29.1 Å². The lowest BCUT2D eigenvalue weighted by molar-refractivity contribution is -0.384. The normalized spacial score (nSPS) is 11.4. The molecule has 0 saturated heterocycles. The van der Waals surface area contributed by atoms with Crippen molar-refractivity contribution in [2.45, 2.75) is 0 Å². The third kappa shape index (κ3) is 4.11. The summed E-state index contributed by atoms with van der Waals surface area (Å²) in [5.74, 6) is -0.468. The largest absolute Gasteiger partial charge is 0.317 e. The second kappa shape index (κ2) is 7.74. The molecule has 0 saturated carbocycles. The number of nitrogens with zero attached hydrogens (tertiary/aromatic N) is 3. The van der Waals surface area contributed by atoms with E-state index in [9.17, 15) is 28.1 Å². The molecule has 0 amide bonds. The van der Waals surface area contributed by atoms with Gasteiger partial charge in [-0.2, -0.15) is 0 Å². The van der Waals surface area contributed by atoms with Crippen molar-refractivity contribution in [2.75, 3.05) is 11.0 Å². The van der Waals surface area contributed by atoms with Gasteiger partial charge in [-0.25, -0.2) is 13.4 Å². The molecule has 0 bridgehead atoms. The molecule has 2 heterocycles. The summed E-state index contributed by atoms with van der Waals surface area (Å²) in [6.45, 7) is 0. The minimum atomic E-state index is -3.77. The van der Waals surface area contributed by atoms with Crippen LogP contribution in [0, 0.1) is 10.1 Å². The molecule has 0 spiro atoms. The van der Waals surface area contributed by atoms with Crippen LogP contribution in [-0.4, -0.2) is 34.1 Å². The summed E-state index contributed by atoms with van der Waals surface area (Å²) < 4.78 is 26.4. The number of rotatable bonds is 5. The standard InChI is InChI=1S/C20H15N5O6S/c1-32(30,31)23-19-20(27)22-15-10-17(25(28)29)16(9-14(15)21-19)24-8-7-18(26)13(11-24)12-5-3-2-4-6-12/h2-11H,1H3,(H,21,23)(H,22,27). The number of sulfonamides is 1. The summed E-state index contributed by atoms with van der Waals surface area (Å²) in [7, 11) is -3.77. The van der Waals surface area contributed by atoms with Crippen LogP contribution in [0.15, 0.2) is 70.5 Å². The highest BCUT2D eigenvalue weighted by atomic mass is 32.2. The van der Waals surface area contributed by atoms with Crippen molar-refractivity contribution in [2.24, 2.45) is 0 Å². The monoisotopic (exact) mass is 453 g/mol. The van der Waals surface area contributed by atoms with E-state index in [1.807, 2.05) is 4.72 Å². The first-order chi connectivity index (χ1) is 15.1. The second-order valence-electron chi connectivity index (χ2n) is 6.90. The van der Waals surface area contributed by atoms with Crippen molar-refractivity contribution < 1.29 is 13.3 Å². The summed E-state index contributed by atoms with van der Waals surface area (Å²) in [6.07, 6.45) is 3.71. The van der Waals surface area contributed by atoms with Gasteiger partial charge in [0.25, 0.3) is 11.2 Å². The van der Waals surface area contributed by atoms with Crippen LogP contribution in [0.5, 0.6) is 0 Å². The summed E-state index contributed by atoms with van der Waals surface area (Å²) >= 11 is 0. The van der Waals surface area contributed by atoms with E-state index in [-0.39, 0.29) is 27.8 Å². The van der Waals surface area contributed by atoms with Gasteiger partial charge in [0, 0.05) is 30.1 Å². The number of nitrogens with one attached hydrogen (secondary N) is 2. The summed E-state index contributed by atoms with van der Waals surface area (Å²) in [5.41, 5.74) is -0.262. The third-order valence-corrected chi connectivity index (χ3v) is 5.11. The zero-order valence-corrected chi connectivity index (χ0v) is 17.3. The van der Waals surface area contributed by atoms with Crippen molar-refractivity contribution in [3.8, 4) is 16.8 Å². The third-order valence-electron chi connectivity index (χ3n) is 4.55. The lowest BCUT2D eigenvalue weighted by Gasteiger charge is -2.11. The Bertz CT molecular complexity index is 1590. The van der Waals surface area contributed by atoms with Crippen molar-refractivity contribution in [1.82, 2.24) is 14.5 Å². The zero-order chi connectivity index (χ0) is 23.0. The molecule has 0 aliphatic rings. The minimum Gasteiger partial charge on any atom is -0.317 e. The quantitative estimate of drug-likeness (QED) is 0.346. The number of anilines is 1. The molecule has 32 heavy (non-hydrogen) atoms. The Morgan fingerprint density at radius 3 is 2.50 bits per heavy atom. The Hall–Kier alpha value is -4.32. The number of aromatic amines is 1. The lowest BCUT2D eigenvalue weighted by Crippen LogP contribution is -2.20. The first kappa shape index (κ1) is 20.9. The first-order valence-electron chi connectivity index (χ1n) is 9.11. The van der Waals surface area contributed by atoms with Crippen LogP contribution in [0.2, 0.25) is 0 Å². The first-order valence-corrected chi connectivity index (χ1v) is 11.0. The Morgan fingerprint density at radius 2 is 1.84 bits per heavy atom. The molecule has 0 aliphatic carbocycles. The lowest BCUT2D eigenvalue weighted by atomic mass is 10.1. The van der Waals surface area contributed by atoms with Gasteiger partial charge in [0.15, 0.2) is 5.43 Å². The maximum Gasteiger partial charge on any atom is 0.295 e. The van der Waals surface area contributed by atoms with Crippen LogP contribution < -0.4 is 15.7 Å². The van der Waals surface area contributed by atoms with Crippen LogP contribution in [0.1, 0.15) is 0 Å². The topological polar surface area (TPSA) is 157 Å². The van der Waals surface area contributed by atoms with Crippen molar-refractivity contribution in [3.05, 3.63) is 91.6 Å². The molecule has 2 aromatic carbocycles. The predicted octanol–water partition coefficient (Wildman–Crippen LogP) is 2.02. The van der Waals surface area contributed by atoms with E-state index in [4.69, 9.17) is 0 Å². The molecule has 2 N–H and O–H groups in total. The number of hydrogen-bond acceptors (Lipinski definition) is 7. The number of benzene rings is 2. The highest BCUT2D eigenvalue weighted by molar-refractivity contribution is 7.92. The molecule has 4 aromatic rings. The predicted molar refractivity (Wildman–Crippen MR) is 119 cm³/mol. The average Bonchev–Trinajstić information content (AvgIpc) is 2.73. The summed E-state index contributed by atoms with van der Waals surface area (Å²) in [5, 5.41) is 11.7. The molecule has 0 radical (unpaired) electrons. The molecule has 0 unspecified atom stereocenters. The molecule has 12 heteroatoms. The van der Waals surface area contributed by atoms with Crippen LogP contribution in [-0.2, 0) is 10.0 Å². The van der Waals surface area contributed by atoms with E-state index in [1.54, 1.807) is 30.3 Å². The fourth-order valence-electron chi connectivity index (χ4n) is 3.18. The molecule has 0 aliphatic heterocycles. The fraction of sp³-hybridized carbons (Fsp3) is 0.0500. The molecule has 2 aromatic heterocycles. The van der Waals surface area contributed by atoms with E-state index in [0.717, 1.165) is 12.3 Å². The van der Waals surface area contributed by atoms with Crippen molar-refractivity contribution >= 4 is 32.6 Å². The Balaban J connectivity index is 1.96. The van der Waals surface area contributed by atoms with Gasteiger partial charge < -0.3 is 9.55 Å². The van der Waals surface area contributed by atoms with Gasteiger partial charge in [-0.1, -0.05) is 30.3 Å². The maximum absolute atomic E-state index is 12.4. The average molecular weight is 453 g/mol. The van der Waals surface area contributed by atoms with Crippen molar-refractivity contribution in [1.29, 1.82) is 0 Å². The molecule has 0 atom stereocenters. The number of hydrogen-bond donors (Lipinski definition) is 2. The Labute approximate surface area is 180 Å². The van der Waals surface area contributed by atoms with Gasteiger partial charge in [-0.15, -0.1) is 0 Å². The number of nitro benzene ring substituents is 1. The van der Waals surface area contributed by atoms with E-state index >= 15 is 0 Å². The van der Waals surface area contributed by atoms with Crippen LogP contribution >= 0.6 is 0 Å². The van der Waals surface area contributed by atoms with E-state index in [2.05, 4.69) is 9.97 Å². The highest BCUT2D eigenvalue weighted by Crippen LogP contribution is 2.28. The number of H-pyrrole nitrogens is 1. The smallest absolute Gasteiger partial charge is 0.295 e. The number of pyridine rings is 1. The van der Waals surface area contributed by atoms with E-state index < -0.39 is 26.3 Å². The molecular formula is C20H15N5O6S. The Kier molecular flexibility index (Phi) is 5.06. The van der Waals surface area contributed by atoms with Crippen molar-refractivity contribution in [3.63, 3.8) is 0 Å². The number of nitro groups is 1. The van der Waals surface area contributed by atoms with Gasteiger partial charge in [-0.05, 0) is 11.6 Å². The summed E-state index contributed by atoms with van der Waals surface area (Å²) in [4.78, 5) is 42.0. The van der Waals surface area contributed by atoms with Gasteiger partial charge >= 0.3 is 0 Å². The SMILES string of the molecule is CS(=O)(=O)Nc1nc2cc(-n3ccc(=O)c(-c4ccccc4)c3)c([N+](=O)[O-])cc2[nH]c1=O. The minimum absolute atomic E-state index is 0.0498. The van der Waals surface area contributed by atoms with Gasteiger partial charge in [0.1, 0.15) is 5.69 Å². The van der Waals surface area contributed by atoms with Crippen LogP contribution in [0.25, 0.3) is 27.8 Å².